The molecule has 0 heterocycles. The van der Waals surface area contributed by atoms with Crippen LogP contribution in [0.5, 0.6) is 0 Å². The Morgan fingerprint density at radius 2 is 1.88 bits per heavy atom. The summed E-state index contributed by atoms with van der Waals surface area (Å²) in [5.41, 5.74) is 6.38. The summed E-state index contributed by atoms with van der Waals surface area (Å²) in [5.74, 6) is 0.958. The molecule has 1 aliphatic carbocycles. The van der Waals surface area contributed by atoms with Crippen molar-refractivity contribution in [2.45, 2.75) is 64.3 Å². The number of hydrogen-bond donors (Lipinski definition) is 1. The maximum absolute atomic E-state index is 6.06. The van der Waals surface area contributed by atoms with Gasteiger partial charge >= 0.3 is 0 Å². The summed E-state index contributed by atoms with van der Waals surface area (Å²) >= 11 is 0. The van der Waals surface area contributed by atoms with E-state index in [1.54, 1.807) is 0 Å². The minimum absolute atomic E-state index is 0.320. The van der Waals surface area contributed by atoms with Crippen molar-refractivity contribution < 1.29 is 0 Å². The fourth-order valence-corrected chi connectivity index (χ4v) is 3.00. The number of nitrogens with two attached hydrogens (primary N) is 1. The fourth-order valence-electron chi connectivity index (χ4n) is 3.00. The molecular weight excluding hydrogens is 196 g/mol. The molecule has 0 atom stereocenters. The molecule has 0 radical (unpaired) electrons. The molecule has 2 heteroatoms. The summed E-state index contributed by atoms with van der Waals surface area (Å²) < 4.78 is 0. The van der Waals surface area contributed by atoms with Gasteiger partial charge in [-0.3, -0.25) is 4.90 Å². The van der Waals surface area contributed by atoms with E-state index >= 15 is 0 Å². The predicted octanol–water partition coefficient (Wildman–Crippen LogP) is 3.02. The molecule has 1 rings (SSSR count). The Hall–Kier alpha value is -0.0800. The molecule has 0 spiro atoms. The highest BCUT2D eigenvalue weighted by molar-refractivity contribution is 4.94. The van der Waals surface area contributed by atoms with Gasteiger partial charge in [0, 0.05) is 12.1 Å². The Morgan fingerprint density at radius 1 is 1.25 bits per heavy atom. The van der Waals surface area contributed by atoms with Crippen LogP contribution in [0.2, 0.25) is 0 Å². The van der Waals surface area contributed by atoms with Gasteiger partial charge in [0.05, 0.1) is 0 Å². The lowest BCUT2D eigenvalue weighted by Gasteiger charge is -2.46. The summed E-state index contributed by atoms with van der Waals surface area (Å²) in [4.78, 5) is 2.54. The van der Waals surface area contributed by atoms with Gasteiger partial charge in [-0.2, -0.15) is 0 Å². The van der Waals surface area contributed by atoms with Crippen LogP contribution in [0.4, 0.5) is 0 Å². The predicted molar refractivity (Wildman–Crippen MR) is 71.6 cm³/mol. The SMILES string of the molecule is CCCCN(C)C1(CN)CCC(CC)CC1. The molecule has 0 saturated heterocycles. The van der Waals surface area contributed by atoms with Gasteiger partial charge in [0.2, 0.25) is 0 Å². The van der Waals surface area contributed by atoms with Crippen LogP contribution in [0.3, 0.4) is 0 Å². The number of nitrogens with zero attached hydrogens (tertiary/aromatic N) is 1. The molecule has 0 aromatic heterocycles. The van der Waals surface area contributed by atoms with E-state index in [1.807, 2.05) is 0 Å². The maximum Gasteiger partial charge on any atom is 0.0328 e. The van der Waals surface area contributed by atoms with E-state index in [0.29, 0.717) is 5.54 Å². The molecule has 2 N–H and O–H groups in total. The summed E-state index contributed by atoms with van der Waals surface area (Å²) in [7, 11) is 2.27. The van der Waals surface area contributed by atoms with Crippen LogP contribution in [0.1, 0.15) is 58.8 Å². The molecule has 0 aliphatic heterocycles. The second-order valence-electron chi connectivity index (χ2n) is 5.56. The minimum atomic E-state index is 0.320. The monoisotopic (exact) mass is 226 g/mol. The average Bonchev–Trinajstić information content (AvgIpc) is 2.35. The first-order valence-electron chi connectivity index (χ1n) is 7.09. The highest BCUT2D eigenvalue weighted by Gasteiger charge is 2.36. The topological polar surface area (TPSA) is 29.3 Å². The lowest BCUT2D eigenvalue weighted by atomic mass is 9.74. The minimum Gasteiger partial charge on any atom is -0.329 e. The van der Waals surface area contributed by atoms with E-state index < -0.39 is 0 Å². The van der Waals surface area contributed by atoms with Gasteiger partial charge in [-0.1, -0.05) is 26.7 Å². The molecule has 0 unspecified atom stereocenters. The zero-order valence-corrected chi connectivity index (χ0v) is 11.5. The van der Waals surface area contributed by atoms with Crippen molar-refractivity contribution in [3.05, 3.63) is 0 Å². The van der Waals surface area contributed by atoms with Gasteiger partial charge in [0.1, 0.15) is 0 Å². The van der Waals surface area contributed by atoms with Crippen LogP contribution in [0.25, 0.3) is 0 Å². The Balaban J connectivity index is 2.51. The fraction of sp³-hybridized carbons (Fsp3) is 1.00. The van der Waals surface area contributed by atoms with Crippen LogP contribution >= 0.6 is 0 Å². The summed E-state index contributed by atoms with van der Waals surface area (Å²) in [6.07, 6.45) is 9.30. The lowest BCUT2D eigenvalue weighted by molar-refractivity contribution is 0.0630. The molecular formula is C14H30N2. The third-order valence-electron chi connectivity index (χ3n) is 4.65. The second-order valence-corrected chi connectivity index (χ2v) is 5.56. The summed E-state index contributed by atoms with van der Waals surface area (Å²) in [6.45, 7) is 6.63. The number of likely N-dealkylation sites (N-methyl/N-ethyl adjacent to an activating group) is 1. The standard InChI is InChI=1S/C14H30N2/c1-4-6-11-16(3)14(12-15)9-7-13(5-2)8-10-14/h13H,4-12,15H2,1-3H3. The lowest BCUT2D eigenvalue weighted by Crippen LogP contribution is -2.54. The van der Waals surface area contributed by atoms with Crippen LogP contribution in [0.15, 0.2) is 0 Å². The zero-order valence-electron chi connectivity index (χ0n) is 11.5. The van der Waals surface area contributed by atoms with E-state index in [0.717, 1.165) is 12.5 Å². The molecule has 0 bridgehead atoms. The van der Waals surface area contributed by atoms with Crippen LogP contribution in [0, 0.1) is 5.92 Å². The Kier molecular flexibility index (Phi) is 5.77. The van der Waals surface area contributed by atoms with Crippen molar-refractivity contribution in [1.29, 1.82) is 0 Å². The first-order valence-corrected chi connectivity index (χ1v) is 7.09. The number of unbranched alkanes of at least 4 members (excludes halogenated alkanes) is 1. The Labute approximate surface area is 102 Å². The van der Waals surface area contributed by atoms with Crippen molar-refractivity contribution >= 4 is 0 Å². The van der Waals surface area contributed by atoms with Gasteiger partial charge in [0.25, 0.3) is 0 Å². The molecule has 0 aromatic carbocycles. The van der Waals surface area contributed by atoms with Crippen molar-refractivity contribution in [3.63, 3.8) is 0 Å². The second kappa shape index (κ2) is 6.61. The van der Waals surface area contributed by atoms with Gasteiger partial charge in [-0.05, 0) is 51.6 Å². The van der Waals surface area contributed by atoms with Crippen molar-refractivity contribution in [3.8, 4) is 0 Å². The van der Waals surface area contributed by atoms with E-state index in [-0.39, 0.29) is 0 Å². The molecule has 1 aliphatic rings. The van der Waals surface area contributed by atoms with Crippen LogP contribution < -0.4 is 5.73 Å². The molecule has 0 aromatic rings. The first-order chi connectivity index (χ1) is 7.68. The van der Waals surface area contributed by atoms with E-state index in [4.69, 9.17) is 5.73 Å². The van der Waals surface area contributed by atoms with E-state index in [2.05, 4.69) is 25.8 Å². The summed E-state index contributed by atoms with van der Waals surface area (Å²) in [5, 5.41) is 0. The average molecular weight is 226 g/mol. The number of hydrogen-bond acceptors (Lipinski definition) is 2. The van der Waals surface area contributed by atoms with Crippen molar-refractivity contribution in [2.24, 2.45) is 11.7 Å². The molecule has 1 fully saturated rings. The van der Waals surface area contributed by atoms with E-state index in [1.165, 1.54) is 51.5 Å². The largest absolute Gasteiger partial charge is 0.329 e. The normalized spacial score (nSPS) is 30.9. The van der Waals surface area contributed by atoms with Gasteiger partial charge in [-0.25, -0.2) is 0 Å². The third kappa shape index (κ3) is 3.21. The van der Waals surface area contributed by atoms with Crippen molar-refractivity contribution in [2.75, 3.05) is 20.1 Å². The maximum atomic E-state index is 6.06. The van der Waals surface area contributed by atoms with E-state index in [9.17, 15) is 0 Å². The molecule has 16 heavy (non-hydrogen) atoms. The van der Waals surface area contributed by atoms with Gasteiger partial charge < -0.3 is 5.73 Å². The number of rotatable bonds is 6. The van der Waals surface area contributed by atoms with Gasteiger partial charge in [-0.15, -0.1) is 0 Å². The molecule has 2 nitrogen and oxygen atoms in total. The first kappa shape index (κ1) is 14.0. The smallest absolute Gasteiger partial charge is 0.0328 e. The third-order valence-corrected chi connectivity index (χ3v) is 4.65. The Morgan fingerprint density at radius 3 is 2.31 bits per heavy atom. The van der Waals surface area contributed by atoms with Crippen molar-refractivity contribution in [1.82, 2.24) is 4.90 Å². The molecule has 0 amide bonds. The summed E-state index contributed by atoms with van der Waals surface area (Å²) in [6, 6.07) is 0. The highest BCUT2D eigenvalue weighted by atomic mass is 15.2. The van der Waals surface area contributed by atoms with Crippen LogP contribution in [-0.2, 0) is 0 Å². The van der Waals surface area contributed by atoms with Crippen LogP contribution in [-0.4, -0.2) is 30.6 Å². The molecule has 1 saturated carbocycles. The zero-order chi connectivity index (χ0) is 12.0. The quantitative estimate of drug-likeness (QED) is 0.754. The Bertz CT molecular complexity index is 183. The van der Waals surface area contributed by atoms with Gasteiger partial charge in [0.15, 0.2) is 0 Å². The molecule has 96 valence electrons. The highest BCUT2D eigenvalue weighted by Crippen LogP contribution is 2.36.